The molecule has 0 aliphatic heterocycles. The first-order chi connectivity index (χ1) is 9.15. The number of carboxylic acid groups (broad SMARTS) is 1. The quantitative estimate of drug-likeness (QED) is 0.812. The molecule has 2 atom stereocenters. The molecule has 1 aliphatic rings. The Labute approximate surface area is 111 Å². The van der Waals surface area contributed by atoms with E-state index in [0.29, 0.717) is 6.42 Å². The van der Waals surface area contributed by atoms with Crippen molar-refractivity contribution in [2.45, 2.75) is 25.7 Å². The van der Waals surface area contributed by atoms with Gasteiger partial charge in [0.15, 0.2) is 0 Å². The summed E-state index contributed by atoms with van der Waals surface area (Å²) < 4.78 is 0. The summed E-state index contributed by atoms with van der Waals surface area (Å²) in [5.74, 6) is -0.398. The molecule has 0 spiro atoms. The molecule has 0 saturated heterocycles. The van der Waals surface area contributed by atoms with Crippen molar-refractivity contribution >= 4 is 17.0 Å². The Morgan fingerprint density at radius 3 is 2.95 bits per heavy atom. The zero-order valence-electron chi connectivity index (χ0n) is 10.8. The summed E-state index contributed by atoms with van der Waals surface area (Å²) in [5.41, 5.74) is 3.05. The highest BCUT2D eigenvalue weighted by Gasteiger charge is 2.31. The van der Waals surface area contributed by atoms with Gasteiger partial charge in [-0.2, -0.15) is 0 Å². The van der Waals surface area contributed by atoms with Crippen LogP contribution in [-0.2, 0) is 4.79 Å². The van der Waals surface area contributed by atoms with Crippen molar-refractivity contribution < 1.29 is 9.90 Å². The average molecular weight is 256 g/mol. The van der Waals surface area contributed by atoms with Crippen LogP contribution in [0.5, 0.6) is 0 Å². The minimum Gasteiger partial charge on any atom is -0.481 e. The van der Waals surface area contributed by atoms with Gasteiger partial charge in [0.1, 0.15) is 5.82 Å². The minimum atomic E-state index is -0.744. The van der Waals surface area contributed by atoms with Gasteiger partial charge in [-0.15, -0.1) is 0 Å². The molecule has 2 aromatic rings. The molecule has 19 heavy (non-hydrogen) atoms. The lowest BCUT2D eigenvalue weighted by Crippen LogP contribution is -2.24. The van der Waals surface area contributed by atoms with E-state index in [-0.39, 0.29) is 11.8 Å². The van der Waals surface area contributed by atoms with Crippen LogP contribution in [0.25, 0.3) is 11.0 Å². The molecule has 0 radical (unpaired) electrons. The number of carboxylic acids is 1. The Morgan fingerprint density at radius 2 is 2.16 bits per heavy atom. The van der Waals surface area contributed by atoms with Gasteiger partial charge in [-0.1, -0.05) is 18.2 Å². The lowest BCUT2D eigenvalue weighted by molar-refractivity contribution is -0.142. The number of nitrogens with one attached hydrogen (secondary N) is 1. The molecule has 0 fully saturated rings. The van der Waals surface area contributed by atoms with Gasteiger partial charge in [0.2, 0.25) is 0 Å². The Balaban J connectivity index is 2.02. The van der Waals surface area contributed by atoms with E-state index in [4.69, 9.17) is 0 Å². The second-order valence-electron chi connectivity index (χ2n) is 5.14. The molecular formula is C15H16N2O2. The van der Waals surface area contributed by atoms with Crippen molar-refractivity contribution in [1.82, 2.24) is 9.97 Å². The van der Waals surface area contributed by atoms with Gasteiger partial charge >= 0.3 is 5.97 Å². The van der Waals surface area contributed by atoms with Gasteiger partial charge in [0, 0.05) is 5.92 Å². The summed E-state index contributed by atoms with van der Waals surface area (Å²) in [6.45, 7) is 2.03. The number of imidazole rings is 1. The van der Waals surface area contributed by atoms with Crippen molar-refractivity contribution in [3.8, 4) is 0 Å². The van der Waals surface area contributed by atoms with Crippen LogP contribution in [0, 0.1) is 12.8 Å². The molecule has 1 heterocycles. The van der Waals surface area contributed by atoms with E-state index in [1.54, 1.807) is 0 Å². The molecule has 3 rings (SSSR count). The Hall–Kier alpha value is -2.10. The highest BCUT2D eigenvalue weighted by molar-refractivity contribution is 5.77. The number of rotatable bonds is 2. The predicted octanol–water partition coefficient (Wildman–Crippen LogP) is 3.01. The number of benzene rings is 1. The predicted molar refractivity (Wildman–Crippen MR) is 73.1 cm³/mol. The number of nitrogens with zero attached hydrogens (tertiary/aromatic N) is 1. The van der Waals surface area contributed by atoms with E-state index in [2.05, 4.69) is 9.97 Å². The summed E-state index contributed by atoms with van der Waals surface area (Å²) in [7, 11) is 0. The van der Waals surface area contributed by atoms with Crippen LogP contribution in [-0.4, -0.2) is 21.0 Å². The number of carbonyl (C=O) groups is 1. The van der Waals surface area contributed by atoms with Gasteiger partial charge in [0.05, 0.1) is 17.0 Å². The smallest absolute Gasteiger partial charge is 0.307 e. The van der Waals surface area contributed by atoms with E-state index in [1.165, 1.54) is 5.56 Å². The summed E-state index contributed by atoms with van der Waals surface area (Å²) >= 11 is 0. The molecule has 0 amide bonds. The van der Waals surface area contributed by atoms with Crippen LogP contribution in [0.2, 0.25) is 0 Å². The van der Waals surface area contributed by atoms with Crippen LogP contribution < -0.4 is 0 Å². The topological polar surface area (TPSA) is 66.0 Å². The summed E-state index contributed by atoms with van der Waals surface area (Å²) in [6, 6.07) is 6.03. The second-order valence-corrected chi connectivity index (χ2v) is 5.14. The Bertz CT molecular complexity index is 657. The fourth-order valence-electron chi connectivity index (χ4n) is 2.71. The summed E-state index contributed by atoms with van der Waals surface area (Å²) in [4.78, 5) is 19.2. The first-order valence-electron chi connectivity index (χ1n) is 6.49. The summed E-state index contributed by atoms with van der Waals surface area (Å²) in [6.07, 6.45) is 5.30. The zero-order valence-corrected chi connectivity index (χ0v) is 10.8. The third kappa shape index (κ3) is 2.14. The number of aromatic amines is 1. The van der Waals surface area contributed by atoms with Crippen molar-refractivity contribution in [1.29, 1.82) is 0 Å². The number of aliphatic carboxylic acids is 1. The standard InChI is InChI=1S/C15H16N2O2/c1-9-6-7-12-13(8-9)17-14(16-12)10-4-2-3-5-11(10)15(18)19/h2-3,6-8,10-11H,4-5H2,1H3,(H,16,17)(H,18,19). The van der Waals surface area contributed by atoms with E-state index in [9.17, 15) is 9.90 Å². The lowest BCUT2D eigenvalue weighted by atomic mass is 9.82. The first kappa shape index (κ1) is 12.0. The normalized spacial score (nSPS) is 22.8. The molecule has 4 nitrogen and oxygen atoms in total. The molecule has 2 unspecified atom stereocenters. The SMILES string of the molecule is Cc1ccc2nc(C3CC=CCC3C(=O)O)[nH]c2c1. The number of hydrogen-bond donors (Lipinski definition) is 2. The highest BCUT2D eigenvalue weighted by atomic mass is 16.4. The molecule has 98 valence electrons. The first-order valence-corrected chi connectivity index (χ1v) is 6.49. The highest BCUT2D eigenvalue weighted by Crippen LogP contribution is 2.34. The molecule has 1 aliphatic carbocycles. The number of H-pyrrole nitrogens is 1. The number of fused-ring (bicyclic) bond motifs is 1. The summed E-state index contributed by atoms with van der Waals surface area (Å²) in [5, 5.41) is 9.31. The van der Waals surface area contributed by atoms with Crippen molar-refractivity contribution in [3.63, 3.8) is 0 Å². The van der Waals surface area contributed by atoms with Crippen LogP contribution in [0.4, 0.5) is 0 Å². The fraction of sp³-hybridized carbons (Fsp3) is 0.333. The van der Waals surface area contributed by atoms with Crippen LogP contribution >= 0.6 is 0 Å². The largest absolute Gasteiger partial charge is 0.481 e. The molecule has 1 aromatic heterocycles. The molecular weight excluding hydrogens is 240 g/mol. The fourth-order valence-corrected chi connectivity index (χ4v) is 2.71. The maximum atomic E-state index is 11.3. The zero-order chi connectivity index (χ0) is 13.4. The van der Waals surface area contributed by atoms with E-state index >= 15 is 0 Å². The molecule has 0 bridgehead atoms. The number of aromatic nitrogens is 2. The Kier molecular flexibility index (Phi) is 2.85. The molecule has 1 aromatic carbocycles. The van der Waals surface area contributed by atoms with Crippen LogP contribution in [0.1, 0.15) is 30.1 Å². The third-order valence-corrected chi connectivity index (χ3v) is 3.76. The van der Waals surface area contributed by atoms with Gasteiger partial charge in [-0.25, -0.2) is 4.98 Å². The number of allylic oxidation sites excluding steroid dienone is 2. The maximum Gasteiger partial charge on any atom is 0.307 e. The van der Waals surface area contributed by atoms with E-state index in [1.807, 2.05) is 37.3 Å². The van der Waals surface area contributed by atoms with Gasteiger partial charge in [-0.05, 0) is 37.5 Å². The third-order valence-electron chi connectivity index (χ3n) is 3.76. The van der Waals surface area contributed by atoms with Crippen LogP contribution in [0.3, 0.4) is 0 Å². The van der Waals surface area contributed by atoms with Crippen molar-refractivity contribution in [2.75, 3.05) is 0 Å². The second kappa shape index (κ2) is 4.53. The maximum absolute atomic E-state index is 11.3. The monoisotopic (exact) mass is 256 g/mol. The van der Waals surface area contributed by atoms with Gasteiger partial charge in [-0.3, -0.25) is 4.79 Å². The average Bonchev–Trinajstić information content (AvgIpc) is 2.81. The van der Waals surface area contributed by atoms with Crippen molar-refractivity contribution in [3.05, 3.63) is 41.7 Å². The van der Waals surface area contributed by atoms with E-state index in [0.717, 1.165) is 23.3 Å². The number of aryl methyl sites for hydroxylation is 1. The van der Waals surface area contributed by atoms with Gasteiger partial charge in [0.25, 0.3) is 0 Å². The Morgan fingerprint density at radius 1 is 1.37 bits per heavy atom. The molecule has 2 N–H and O–H groups in total. The van der Waals surface area contributed by atoms with Crippen LogP contribution in [0.15, 0.2) is 30.4 Å². The molecule has 0 saturated carbocycles. The number of hydrogen-bond acceptors (Lipinski definition) is 2. The van der Waals surface area contributed by atoms with Gasteiger partial charge < -0.3 is 10.1 Å². The molecule has 4 heteroatoms. The lowest BCUT2D eigenvalue weighted by Gasteiger charge is -2.23. The van der Waals surface area contributed by atoms with E-state index < -0.39 is 5.97 Å². The van der Waals surface area contributed by atoms with Crippen molar-refractivity contribution in [2.24, 2.45) is 5.92 Å². The minimum absolute atomic E-state index is 0.0600.